The zero-order valence-corrected chi connectivity index (χ0v) is 25.5. The molecule has 0 saturated carbocycles. The van der Waals surface area contributed by atoms with Crippen LogP contribution < -0.4 is 0 Å². The van der Waals surface area contributed by atoms with E-state index in [0.29, 0.717) is 17.5 Å². The quantitative estimate of drug-likeness (QED) is 0.197. The summed E-state index contributed by atoms with van der Waals surface area (Å²) in [5.41, 5.74) is 8.61. The van der Waals surface area contributed by atoms with Crippen molar-refractivity contribution in [3.63, 3.8) is 0 Å². The maximum Gasteiger partial charge on any atom is 0.164 e. The van der Waals surface area contributed by atoms with Crippen LogP contribution in [0.5, 0.6) is 0 Å². The molecule has 0 atom stereocenters. The molecule has 4 nitrogen and oxygen atoms in total. The molecule has 7 aromatic carbocycles. The Kier molecular flexibility index (Phi) is 6.43. The van der Waals surface area contributed by atoms with E-state index in [1.54, 1.807) is 0 Å². The average molecular weight is 601 g/mol. The largest absolute Gasteiger partial charge is 0.309 e. The lowest BCUT2D eigenvalue weighted by molar-refractivity contribution is 1.07. The number of fused-ring (bicyclic) bond motifs is 4. The Morgan fingerprint density at radius 2 is 0.766 bits per heavy atom. The van der Waals surface area contributed by atoms with E-state index in [1.807, 2.05) is 30.3 Å². The number of nitrogens with zero attached hydrogens (tertiary/aromatic N) is 4. The molecule has 0 fully saturated rings. The van der Waals surface area contributed by atoms with Gasteiger partial charge in [0.15, 0.2) is 17.5 Å². The van der Waals surface area contributed by atoms with E-state index < -0.39 is 0 Å². The first-order valence-electron chi connectivity index (χ1n) is 15.8. The molecule has 0 unspecified atom stereocenters. The van der Waals surface area contributed by atoms with Gasteiger partial charge in [0.25, 0.3) is 0 Å². The molecular weight excluding hydrogens is 573 g/mol. The number of para-hydroxylation sites is 2. The Balaban J connectivity index is 1.12. The summed E-state index contributed by atoms with van der Waals surface area (Å²) in [5, 5.41) is 4.96. The summed E-state index contributed by atoms with van der Waals surface area (Å²) in [6, 6.07) is 59.3. The molecule has 0 spiro atoms. The van der Waals surface area contributed by atoms with Crippen LogP contribution in [0.4, 0.5) is 0 Å². The topological polar surface area (TPSA) is 43.6 Å². The highest BCUT2D eigenvalue weighted by molar-refractivity contribution is 6.09. The fourth-order valence-corrected chi connectivity index (χ4v) is 6.49. The van der Waals surface area contributed by atoms with Crippen molar-refractivity contribution < 1.29 is 0 Å². The zero-order chi connectivity index (χ0) is 31.2. The molecule has 0 aliphatic heterocycles. The highest BCUT2D eigenvalue weighted by Crippen LogP contribution is 2.33. The van der Waals surface area contributed by atoms with Crippen LogP contribution in [-0.2, 0) is 0 Å². The number of hydrogen-bond acceptors (Lipinski definition) is 3. The summed E-state index contributed by atoms with van der Waals surface area (Å²) < 4.78 is 2.32. The Labute approximate surface area is 272 Å². The second kappa shape index (κ2) is 11.2. The van der Waals surface area contributed by atoms with Crippen molar-refractivity contribution in [1.82, 2.24) is 19.5 Å². The molecule has 0 amide bonds. The van der Waals surface area contributed by atoms with Gasteiger partial charge in [0, 0.05) is 33.2 Å². The predicted molar refractivity (Wildman–Crippen MR) is 193 cm³/mol. The fraction of sp³-hybridized carbons (Fsp3) is 0. The van der Waals surface area contributed by atoms with Crippen LogP contribution in [0.25, 0.3) is 83.6 Å². The molecule has 47 heavy (non-hydrogen) atoms. The number of rotatable bonds is 5. The van der Waals surface area contributed by atoms with E-state index in [0.717, 1.165) is 27.9 Å². The molecule has 0 radical (unpaired) electrons. The molecule has 4 heteroatoms. The van der Waals surface area contributed by atoms with Gasteiger partial charge in [-0.25, -0.2) is 15.0 Å². The summed E-state index contributed by atoms with van der Waals surface area (Å²) in [6.07, 6.45) is 0. The van der Waals surface area contributed by atoms with Gasteiger partial charge in [-0.2, -0.15) is 0 Å². The van der Waals surface area contributed by atoms with Crippen LogP contribution in [-0.4, -0.2) is 19.5 Å². The molecule has 220 valence electrons. The Bertz CT molecular complexity index is 2500. The minimum atomic E-state index is 0.640. The van der Waals surface area contributed by atoms with Gasteiger partial charge in [-0.3, -0.25) is 0 Å². The van der Waals surface area contributed by atoms with Crippen LogP contribution in [0, 0.1) is 0 Å². The third kappa shape index (κ3) is 4.84. The summed E-state index contributed by atoms with van der Waals surface area (Å²) in [4.78, 5) is 14.9. The lowest BCUT2D eigenvalue weighted by atomic mass is 10.00. The summed E-state index contributed by atoms with van der Waals surface area (Å²) >= 11 is 0. The standard InChI is InChI=1S/C43H28N4/c1-2-11-31(12-3-1)41-44-42(32-21-18-30(19-22-32)35-23-20-29-10-4-5-13-34(29)28-35)46-43(45-41)33-24-26-36(27-25-33)47-39-16-8-6-14-37(39)38-15-7-9-17-40(38)47/h1-28H. The molecule has 9 rings (SSSR count). The fourth-order valence-electron chi connectivity index (χ4n) is 6.49. The lowest BCUT2D eigenvalue weighted by Crippen LogP contribution is -2.00. The molecular formula is C43H28N4. The molecule has 9 aromatic rings. The van der Waals surface area contributed by atoms with Crippen molar-refractivity contribution >= 4 is 32.6 Å². The van der Waals surface area contributed by atoms with Gasteiger partial charge in [-0.05, 0) is 64.4 Å². The maximum absolute atomic E-state index is 5.01. The first kappa shape index (κ1) is 27.0. The van der Waals surface area contributed by atoms with Crippen molar-refractivity contribution in [2.24, 2.45) is 0 Å². The summed E-state index contributed by atoms with van der Waals surface area (Å²) in [5.74, 6) is 1.93. The van der Waals surface area contributed by atoms with Crippen LogP contribution >= 0.6 is 0 Å². The summed E-state index contributed by atoms with van der Waals surface area (Å²) in [7, 11) is 0. The van der Waals surface area contributed by atoms with Crippen molar-refractivity contribution in [2.75, 3.05) is 0 Å². The molecule has 2 aromatic heterocycles. The van der Waals surface area contributed by atoms with Gasteiger partial charge in [0.2, 0.25) is 0 Å². The lowest BCUT2D eigenvalue weighted by Gasteiger charge is -2.11. The van der Waals surface area contributed by atoms with Crippen molar-refractivity contribution in [3.05, 3.63) is 170 Å². The molecule has 0 aliphatic carbocycles. The highest BCUT2D eigenvalue weighted by atomic mass is 15.0. The third-order valence-electron chi connectivity index (χ3n) is 8.86. The smallest absolute Gasteiger partial charge is 0.164 e. The maximum atomic E-state index is 5.01. The molecule has 0 aliphatic rings. The van der Waals surface area contributed by atoms with Crippen LogP contribution in [0.3, 0.4) is 0 Å². The van der Waals surface area contributed by atoms with E-state index in [2.05, 4.69) is 144 Å². The minimum absolute atomic E-state index is 0.640. The van der Waals surface area contributed by atoms with E-state index in [9.17, 15) is 0 Å². The van der Waals surface area contributed by atoms with Gasteiger partial charge in [-0.1, -0.05) is 127 Å². The van der Waals surface area contributed by atoms with Crippen molar-refractivity contribution in [1.29, 1.82) is 0 Å². The monoisotopic (exact) mass is 600 g/mol. The van der Waals surface area contributed by atoms with Gasteiger partial charge in [0.05, 0.1) is 11.0 Å². The van der Waals surface area contributed by atoms with Gasteiger partial charge < -0.3 is 4.57 Å². The Morgan fingerprint density at radius 1 is 0.319 bits per heavy atom. The Morgan fingerprint density at radius 3 is 1.38 bits per heavy atom. The number of hydrogen-bond donors (Lipinski definition) is 0. The van der Waals surface area contributed by atoms with E-state index in [-0.39, 0.29) is 0 Å². The molecule has 0 N–H and O–H groups in total. The van der Waals surface area contributed by atoms with Crippen molar-refractivity contribution in [3.8, 4) is 51.0 Å². The first-order chi connectivity index (χ1) is 23.3. The van der Waals surface area contributed by atoms with Crippen LogP contribution in [0.2, 0.25) is 0 Å². The second-order valence-corrected chi connectivity index (χ2v) is 11.7. The van der Waals surface area contributed by atoms with Crippen LogP contribution in [0.1, 0.15) is 0 Å². The second-order valence-electron chi connectivity index (χ2n) is 11.7. The Hall–Kier alpha value is -6.39. The van der Waals surface area contributed by atoms with Gasteiger partial charge in [0.1, 0.15) is 0 Å². The SMILES string of the molecule is c1ccc(-c2nc(-c3ccc(-c4ccc5ccccc5c4)cc3)nc(-c3ccc(-n4c5ccccc5c5ccccc54)cc3)n2)cc1. The highest BCUT2D eigenvalue weighted by Gasteiger charge is 2.15. The normalized spacial score (nSPS) is 11.4. The molecule has 2 heterocycles. The molecule has 0 saturated heterocycles. The number of aromatic nitrogens is 4. The number of benzene rings is 7. The van der Waals surface area contributed by atoms with E-state index in [4.69, 9.17) is 15.0 Å². The minimum Gasteiger partial charge on any atom is -0.309 e. The van der Waals surface area contributed by atoms with Gasteiger partial charge in [-0.15, -0.1) is 0 Å². The first-order valence-corrected chi connectivity index (χ1v) is 15.8. The van der Waals surface area contributed by atoms with Crippen molar-refractivity contribution in [2.45, 2.75) is 0 Å². The van der Waals surface area contributed by atoms with E-state index >= 15 is 0 Å². The predicted octanol–water partition coefficient (Wildman–Crippen LogP) is 10.8. The third-order valence-corrected chi connectivity index (χ3v) is 8.86. The average Bonchev–Trinajstić information content (AvgIpc) is 3.49. The van der Waals surface area contributed by atoms with Gasteiger partial charge >= 0.3 is 0 Å². The zero-order valence-electron chi connectivity index (χ0n) is 25.5. The van der Waals surface area contributed by atoms with E-state index in [1.165, 1.54) is 38.1 Å². The van der Waals surface area contributed by atoms with Crippen LogP contribution in [0.15, 0.2) is 170 Å². The summed E-state index contributed by atoms with van der Waals surface area (Å²) in [6.45, 7) is 0. The molecule has 0 bridgehead atoms.